The zero-order valence-electron chi connectivity index (χ0n) is 16.1. The van der Waals surface area contributed by atoms with Gasteiger partial charge in [-0.3, -0.25) is 9.59 Å². The Hall–Kier alpha value is -3.84. The number of rotatable bonds is 2. The number of hydrogen-bond acceptors (Lipinski definition) is 4. The van der Waals surface area contributed by atoms with Gasteiger partial charge in [-0.1, -0.05) is 53.8 Å². The highest BCUT2D eigenvalue weighted by Gasteiger charge is 2.34. The van der Waals surface area contributed by atoms with Crippen LogP contribution in [0.15, 0.2) is 77.6 Å². The summed E-state index contributed by atoms with van der Waals surface area (Å²) < 4.78 is 15.3. The lowest BCUT2D eigenvalue weighted by molar-refractivity contribution is -0.113. The number of thiazole rings is 1. The molecule has 0 saturated carbocycles. The molecule has 31 heavy (non-hydrogen) atoms. The lowest BCUT2D eigenvalue weighted by Crippen LogP contribution is -2.31. The van der Waals surface area contributed by atoms with Gasteiger partial charge in [-0.15, -0.1) is 0 Å². The fourth-order valence-electron chi connectivity index (χ4n) is 4.09. The fourth-order valence-corrected chi connectivity index (χ4v) is 5.17. The van der Waals surface area contributed by atoms with Crippen molar-refractivity contribution < 1.29 is 9.18 Å². The summed E-state index contributed by atoms with van der Waals surface area (Å²) in [5.74, 6) is -0.564. The summed E-state index contributed by atoms with van der Waals surface area (Å²) in [4.78, 5) is 33.6. The molecule has 0 radical (unpaired) electrons. The van der Waals surface area contributed by atoms with Gasteiger partial charge in [0.2, 0.25) is 0 Å². The van der Waals surface area contributed by atoms with Crippen LogP contribution in [-0.4, -0.2) is 15.3 Å². The molecular formula is C24H14FN3O2S. The smallest absolute Gasteiger partial charge is 0.275 e. The van der Waals surface area contributed by atoms with Crippen LogP contribution in [0.5, 0.6) is 0 Å². The van der Waals surface area contributed by atoms with Crippen LogP contribution in [0.4, 0.5) is 10.1 Å². The van der Waals surface area contributed by atoms with Crippen LogP contribution in [-0.2, 0) is 11.3 Å². The third-order valence-electron chi connectivity index (χ3n) is 5.52. The van der Waals surface area contributed by atoms with Crippen LogP contribution in [0.2, 0.25) is 0 Å². The number of carbonyl (C=O) groups is 1. The molecule has 5 nitrogen and oxygen atoms in total. The Labute approximate surface area is 179 Å². The molecular weight excluding hydrogens is 413 g/mol. The maximum atomic E-state index is 13.5. The minimum absolute atomic E-state index is 0.239. The lowest BCUT2D eigenvalue weighted by Gasteiger charge is -2.17. The van der Waals surface area contributed by atoms with Gasteiger partial charge in [0.25, 0.3) is 11.5 Å². The normalized spacial score (nSPS) is 15.3. The van der Waals surface area contributed by atoms with Gasteiger partial charge < -0.3 is 4.90 Å². The lowest BCUT2D eigenvalue weighted by atomic mass is 10.1. The van der Waals surface area contributed by atoms with Crippen LogP contribution in [0.3, 0.4) is 0 Å². The average molecular weight is 427 g/mol. The molecule has 0 bridgehead atoms. The van der Waals surface area contributed by atoms with Crippen molar-refractivity contribution in [2.45, 2.75) is 6.54 Å². The van der Waals surface area contributed by atoms with Crippen molar-refractivity contribution in [3.05, 3.63) is 105 Å². The topological polar surface area (TPSA) is 54.7 Å². The van der Waals surface area contributed by atoms with Crippen molar-refractivity contribution in [1.29, 1.82) is 0 Å². The number of carbonyl (C=O) groups excluding carboxylic acids is 1. The van der Waals surface area contributed by atoms with Crippen molar-refractivity contribution in [3.63, 3.8) is 0 Å². The maximum absolute atomic E-state index is 13.5. The number of aromatic nitrogens is 2. The van der Waals surface area contributed by atoms with E-state index in [4.69, 9.17) is 0 Å². The second-order valence-corrected chi connectivity index (χ2v) is 8.34. The summed E-state index contributed by atoms with van der Waals surface area (Å²) in [5.41, 5.74) is 3.89. The van der Waals surface area contributed by atoms with Crippen LogP contribution >= 0.6 is 11.3 Å². The summed E-state index contributed by atoms with van der Waals surface area (Å²) in [6, 6.07) is 21.0. The zero-order chi connectivity index (χ0) is 21.1. The minimum atomic E-state index is -0.325. The second-order valence-electron chi connectivity index (χ2n) is 7.36. The van der Waals surface area contributed by atoms with E-state index in [1.807, 2.05) is 48.5 Å². The van der Waals surface area contributed by atoms with Gasteiger partial charge in [0.1, 0.15) is 10.3 Å². The Balaban J connectivity index is 1.58. The predicted octanol–water partition coefficient (Wildman–Crippen LogP) is 3.51. The van der Waals surface area contributed by atoms with E-state index < -0.39 is 0 Å². The summed E-state index contributed by atoms with van der Waals surface area (Å²) in [7, 11) is 0. The number of benzene rings is 3. The highest BCUT2D eigenvalue weighted by molar-refractivity contribution is 7.15. The molecule has 1 aliphatic heterocycles. The largest absolute Gasteiger partial charge is 0.303 e. The van der Waals surface area contributed by atoms with Crippen LogP contribution < -0.4 is 15.0 Å². The van der Waals surface area contributed by atoms with Gasteiger partial charge in [-0.25, -0.2) is 13.8 Å². The van der Waals surface area contributed by atoms with E-state index >= 15 is 0 Å². The van der Waals surface area contributed by atoms with E-state index in [1.165, 1.54) is 23.5 Å². The number of anilines is 1. The van der Waals surface area contributed by atoms with Crippen molar-refractivity contribution in [2.75, 3.05) is 4.90 Å². The van der Waals surface area contributed by atoms with E-state index in [-0.39, 0.29) is 17.3 Å². The molecule has 2 aromatic heterocycles. The number of amides is 1. The molecule has 0 spiro atoms. The van der Waals surface area contributed by atoms with Crippen molar-refractivity contribution >= 4 is 44.5 Å². The maximum Gasteiger partial charge on any atom is 0.275 e. The molecule has 1 aliphatic rings. The van der Waals surface area contributed by atoms with Crippen molar-refractivity contribution in [2.24, 2.45) is 0 Å². The van der Waals surface area contributed by atoms with Crippen LogP contribution in [0, 0.1) is 5.82 Å². The van der Waals surface area contributed by atoms with Crippen molar-refractivity contribution in [3.8, 4) is 0 Å². The van der Waals surface area contributed by atoms with Crippen LogP contribution in [0.1, 0.15) is 11.1 Å². The van der Waals surface area contributed by atoms with Gasteiger partial charge >= 0.3 is 0 Å². The minimum Gasteiger partial charge on any atom is -0.303 e. The van der Waals surface area contributed by atoms with Gasteiger partial charge in [0, 0.05) is 5.56 Å². The number of hydrogen-bond donors (Lipinski definition) is 0. The molecule has 1 amide bonds. The molecule has 3 aromatic carbocycles. The molecule has 0 saturated heterocycles. The van der Waals surface area contributed by atoms with Gasteiger partial charge in [-0.05, 0) is 35.9 Å². The molecule has 0 aliphatic carbocycles. The number of imidazole rings is 1. The molecule has 5 aromatic rings. The summed E-state index contributed by atoms with van der Waals surface area (Å²) in [5, 5.41) is 0. The predicted molar refractivity (Wildman–Crippen MR) is 119 cm³/mol. The number of halogens is 1. The number of fused-ring (bicyclic) bond motifs is 4. The third-order valence-corrected chi connectivity index (χ3v) is 6.56. The average Bonchev–Trinajstić information content (AvgIpc) is 3.39. The first-order chi connectivity index (χ1) is 15.1. The van der Waals surface area contributed by atoms with Gasteiger partial charge in [-0.2, -0.15) is 0 Å². The Morgan fingerprint density at radius 2 is 1.65 bits per heavy atom. The second kappa shape index (κ2) is 6.58. The number of nitrogens with zero attached hydrogens (tertiary/aromatic N) is 3. The van der Waals surface area contributed by atoms with E-state index in [9.17, 15) is 14.0 Å². The summed E-state index contributed by atoms with van der Waals surface area (Å²) in [6.45, 7) is 0.291. The standard InChI is InChI=1S/C24H14FN3O2S/c25-15-11-9-14(10-12-15)13-27-18-7-3-1-5-16(18)20(22(27)29)21-23(30)28-19-8-4-2-6-17(19)26-24(28)31-21/h1-12H,13H2. The summed E-state index contributed by atoms with van der Waals surface area (Å²) in [6.07, 6.45) is 0. The van der Waals surface area contributed by atoms with Gasteiger partial charge in [0.05, 0.1) is 28.8 Å². The zero-order valence-corrected chi connectivity index (χ0v) is 16.9. The van der Waals surface area contributed by atoms with Crippen molar-refractivity contribution in [1.82, 2.24) is 9.38 Å². The molecule has 0 N–H and O–H groups in total. The quantitative estimate of drug-likeness (QED) is 0.433. The molecule has 0 fully saturated rings. The molecule has 0 unspecified atom stereocenters. The number of para-hydroxylation sites is 3. The Kier molecular flexibility index (Phi) is 3.82. The van der Waals surface area contributed by atoms with E-state index in [2.05, 4.69) is 4.98 Å². The van der Waals surface area contributed by atoms with E-state index in [0.717, 1.165) is 27.8 Å². The monoisotopic (exact) mass is 427 g/mol. The van der Waals surface area contributed by atoms with Gasteiger partial charge in [0.15, 0.2) is 4.96 Å². The molecule has 7 heteroatoms. The molecule has 0 atom stereocenters. The fraction of sp³-hybridized carbons (Fsp3) is 0.0417. The highest BCUT2D eigenvalue weighted by Crippen LogP contribution is 2.36. The van der Waals surface area contributed by atoms with E-state index in [0.29, 0.717) is 21.6 Å². The first-order valence-electron chi connectivity index (χ1n) is 9.72. The third kappa shape index (κ3) is 2.63. The molecule has 150 valence electrons. The summed E-state index contributed by atoms with van der Waals surface area (Å²) >= 11 is 1.23. The first kappa shape index (κ1) is 18.0. The SMILES string of the molecule is O=C1C(=c2sc3nc4ccccc4n3c2=O)c2ccccc2N1Cc1ccc(F)cc1. The van der Waals surface area contributed by atoms with E-state index in [1.54, 1.807) is 21.4 Å². The molecule has 6 rings (SSSR count). The Morgan fingerprint density at radius 3 is 2.48 bits per heavy atom. The Bertz CT molecular complexity index is 1620. The van der Waals surface area contributed by atoms with Crippen LogP contribution in [0.25, 0.3) is 21.6 Å². The Morgan fingerprint density at radius 1 is 0.903 bits per heavy atom. The highest BCUT2D eigenvalue weighted by atomic mass is 32.1. The first-order valence-corrected chi connectivity index (χ1v) is 10.5. The molecule has 3 heterocycles.